The van der Waals surface area contributed by atoms with Gasteiger partial charge in [-0.05, 0) is 0 Å². The summed E-state index contributed by atoms with van der Waals surface area (Å²) in [5.41, 5.74) is 2.81. The second-order valence-corrected chi connectivity index (χ2v) is 7.04. The van der Waals surface area contributed by atoms with E-state index >= 15 is 0 Å². The van der Waals surface area contributed by atoms with Gasteiger partial charge in [-0.25, -0.2) is 0 Å². The number of alkyl halides is 1. The first kappa shape index (κ1) is 11.8. The number of anilines is 1. The summed E-state index contributed by atoms with van der Waals surface area (Å²) in [6, 6.07) is 5.64. The number of nitrogens with zero attached hydrogens (tertiary/aromatic N) is 1. The minimum absolute atomic E-state index is 0.0947. The normalized spacial score (nSPS) is 22.5. The first-order chi connectivity index (χ1) is 8.69. The van der Waals surface area contributed by atoms with Gasteiger partial charge in [0.05, 0.1) is 0 Å². The van der Waals surface area contributed by atoms with Gasteiger partial charge in [0.1, 0.15) is 0 Å². The Bertz CT molecular complexity index is 530. The van der Waals surface area contributed by atoms with Crippen molar-refractivity contribution in [2.45, 2.75) is 10.5 Å². The van der Waals surface area contributed by atoms with Crippen LogP contribution in [0, 0.1) is 0 Å². The summed E-state index contributed by atoms with van der Waals surface area (Å²) in [5, 5.41) is 0. The third-order valence-electron chi connectivity index (χ3n) is 3.19. The fourth-order valence-electron chi connectivity index (χ4n) is 2.24. The van der Waals surface area contributed by atoms with Gasteiger partial charge in [-0.1, -0.05) is 0 Å². The monoisotopic (exact) mass is 357 g/mol. The van der Waals surface area contributed by atoms with Crippen molar-refractivity contribution in [3.05, 3.63) is 35.9 Å². The number of fused-ring (bicyclic) bond motifs is 2. The number of carbonyl (C=O) groups is 1. The molecule has 0 radical (unpaired) electrons. The second-order valence-electron chi connectivity index (χ2n) is 4.44. The number of hydrogen-bond acceptors (Lipinski definition) is 3. The molecule has 0 bridgehead atoms. The minimum atomic E-state index is -0.261. The molecule has 2 aliphatic rings. The molecule has 1 amide bonds. The Labute approximate surface area is 117 Å². The predicted molar refractivity (Wildman–Crippen MR) is 65.2 cm³/mol. The van der Waals surface area contributed by atoms with Gasteiger partial charge in [-0.3, -0.25) is 0 Å². The number of methoxy groups -OCH3 is 1. The first-order valence-corrected chi connectivity index (χ1v) is 8.05. The van der Waals surface area contributed by atoms with Gasteiger partial charge in [0.2, 0.25) is 0 Å². The number of nitrogens with one attached hydrogen (secondary N) is 1. The van der Waals surface area contributed by atoms with Crippen LogP contribution in [0.25, 0.3) is 0 Å². The zero-order valence-corrected chi connectivity index (χ0v) is 12.2. The summed E-state index contributed by atoms with van der Waals surface area (Å²) < 4.78 is 8.98. The van der Waals surface area contributed by atoms with Crippen LogP contribution in [0.15, 0.2) is 30.4 Å². The summed E-state index contributed by atoms with van der Waals surface area (Å²) in [6.07, 6.45) is 0.942. The molecule has 3 rings (SSSR count). The second kappa shape index (κ2) is 4.46. The Hall–Kier alpha value is -1.24. The molecule has 96 valence electrons. The SMILES string of the molecule is C=C1CC2[I-]Nc3ccc(OC)cc3C(=O)N2C1. The Kier molecular flexibility index (Phi) is 2.93. The fourth-order valence-corrected chi connectivity index (χ4v) is 5.03. The molecule has 0 aromatic heterocycles. The van der Waals surface area contributed by atoms with Crippen LogP contribution >= 0.6 is 0 Å². The van der Waals surface area contributed by atoms with Crippen molar-refractivity contribution in [1.29, 1.82) is 0 Å². The average molecular weight is 357 g/mol. The molecule has 0 saturated carbocycles. The summed E-state index contributed by atoms with van der Waals surface area (Å²) >= 11 is -0.261. The summed E-state index contributed by atoms with van der Waals surface area (Å²) in [7, 11) is 1.61. The topological polar surface area (TPSA) is 41.6 Å². The summed E-state index contributed by atoms with van der Waals surface area (Å²) in [5.74, 6) is 0.816. The van der Waals surface area contributed by atoms with Crippen molar-refractivity contribution < 1.29 is 31.0 Å². The van der Waals surface area contributed by atoms with Crippen molar-refractivity contribution in [1.82, 2.24) is 4.90 Å². The number of amides is 1. The van der Waals surface area contributed by atoms with Crippen molar-refractivity contribution in [2.24, 2.45) is 0 Å². The average Bonchev–Trinajstić information content (AvgIpc) is 2.71. The summed E-state index contributed by atoms with van der Waals surface area (Å²) in [6.45, 7) is 4.70. The molecule has 18 heavy (non-hydrogen) atoms. The number of carbonyl (C=O) groups excluding carboxylic acids is 1. The molecular weight excluding hydrogens is 343 g/mol. The maximum atomic E-state index is 12.5. The molecule has 1 unspecified atom stereocenters. The van der Waals surface area contributed by atoms with Gasteiger partial charge in [-0.2, -0.15) is 0 Å². The molecule has 1 atom stereocenters. The van der Waals surface area contributed by atoms with E-state index in [-0.39, 0.29) is 27.4 Å². The van der Waals surface area contributed by atoms with Gasteiger partial charge in [0.15, 0.2) is 0 Å². The third-order valence-corrected chi connectivity index (χ3v) is 5.91. The van der Waals surface area contributed by atoms with E-state index < -0.39 is 0 Å². The van der Waals surface area contributed by atoms with E-state index in [1.54, 1.807) is 7.11 Å². The first-order valence-electron chi connectivity index (χ1n) is 5.73. The fraction of sp³-hybridized carbons (Fsp3) is 0.308. The quantitative estimate of drug-likeness (QED) is 0.227. The van der Waals surface area contributed by atoms with Gasteiger partial charge in [0, 0.05) is 0 Å². The van der Waals surface area contributed by atoms with Crippen LogP contribution in [0.2, 0.25) is 0 Å². The number of benzene rings is 1. The van der Waals surface area contributed by atoms with Crippen LogP contribution in [0.3, 0.4) is 0 Å². The van der Waals surface area contributed by atoms with Crippen molar-refractivity contribution in [2.75, 3.05) is 17.2 Å². The van der Waals surface area contributed by atoms with Gasteiger partial charge >= 0.3 is 117 Å². The zero-order valence-electron chi connectivity index (χ0n) is 10.1. The number of rotatable bonds is 1. The Morgan fingerprint density at radius 1 is 1.56 bits per heavy atom. The number of hydrogen-bond donors (Lipinski definition) is 1. The molecule has 4 nitrogen and oxygen atoms in total. The van der Waals surface area contributed by atoms with E-state index in [4.69, 9.17) is 4.74 Å². The van der Waals surface area contributed by atoms with Gasteiger partial charge in [-0.15, -0.1) is 0 Å². The van der Waals surface area contributed by atoms with Gasteiger partial charge in [0.25, 0.3) is 0 Å². The molecule has 0 spiro atoms. The molecule has 1 aromatic rings. The van der Waals surface area contributed by atoms with Crippen LogP contribution in [0.5, 0.6) is 5.75 Å². The Balaban J connectivity index is 2.02. The van der Waals surface area contributed by atoms with Crippen molar-refractivity contribution in [3.63, 3.8) is 0 Å². The number of ether oxygens (including phenoxy) is 1. The molecule has 5 heteroatoms. The van der Waals surface area contributed by atoms with Crippen LogP contribution in [0.1, 0.15) is 16.8 Å². The molecule has 0 aliphatic carbocycles. The van der Waals surface area contributed by atoms with Crippen LogP contribution < -0.4 is 29.7 Å². The van der Waals surface area contributed by atoms with E-state index in [1.807, 2.05) is 23.1 Å². The third kappa shape index (κ3) is 1.86. The molecule has 1 fully saturated rings. The molecule has 1 aromatic carbocycles. The standard InChI is InChI=1S/C13H14IN2O2/c1-8-5-12-14-15-11-4-3-9(18-2)6-10(11)13(17)16(12)7-8/h3-4,6,12,15H,1,5,7H2,2H3/q-1. The van der Waals surface area contributed by atoms with Crippen LogP contribution in [-0.2, 0) is 0 Å². The molecule has 1 saturated heterocycles. The van der Waals surface area contributed by atoms with E-state index in [2.05, 4.69) is 10.1 Å². The molecule has 2 heterocycles. The molecule has 2 aliphatic heterocycles. The van der Waals surface area contributed by atoms with Crippen molar-refractivity contribution >= 4 is 11.6 Å². The van der Waals surface area contributed by atoms with E-state index in [0.29, 0.717) is 16.2 Å². The summed E-state index contributed by atoms with van der Waals surface area (Å²) in [4.78, 5) is 14.5. The maximum absolute atomic E-state index is 12.5. The van der Waals surface area contributed by atoms with E-state index in [9.17, 15) is 4.79 Å². The Morgan fingerprint density at radius 2 is 2.39 bits per heavy atom. The van der Waals surface area contributed by atoms with Gasteiger partial charge < -0.3 is 0 Å². The predicted octanol–water partition coefficient (Wildman–Crippen LogP) is -1.15. The Morgan fingerprint density at radius 3 is 3.17 bits per heavy atom. The zero-order chi connectivity index (χ0) is 12.7. The van der Waals surface area contributed by atoms with Crippen LogP contribution in [-0.4, -0.2) is 28.5 Å². The molecule has 1 N–H and O–H groups in total. The molecular formula is C13H14IN2O2-. The van der Waals surface area contributed by atoms with Crippen molar-refractivity contribution in [3.8, 4) is 5.75 Å². The van der Waals surface area contributed by atoms with Crippen LogP contribution in [0.4, 0.5) is 5.69 Å². The van der Waals surface area contributed by atoms with E-state index in [0.717, 1.165) is 23.4 Å². The number of halogens is 1. The van der Waals surface area contributed by atoms with E-state index in [1.165, 1.54) is 0 Å².